The molecule has 0 saturated carbocycles. The Hall–Kier alpha value is -2.06. The average Bonchev–Trinajstić information content (AvgIpc) is 3.18. The summed E-state index contributed by atoms with van der Waals surface area (Å²) in [7, 11) is 0. The van der Waals surface area contributed by atoms with Gasteiger partial charge in [-0.05, 0) is 24.3 Å². The Kier molecular flexibility index (Phi) is 4.92. The van der Waals surface area contributed by atoms with Crippen LogP contribution in [0, 0.1) is 0 Å². The van der Waals surface area contributed by atoms with Crippen LogP contribution in [-0.4, -0.2) is 37.3 Å². The van der Waals surface area contributed by atoms with Gasteiger partial charge in [0, 0.05) is 10.8 Å². The minimum atomic E-state index is 0.412. The van der Waals surface area contributed by atoms with Gasteiger partial charge in [0.2, 0.25) is 5.89 Å². The zero-order valence-electron chi connectivity index (χ0n) is 11.4. The molecule has 7 nitrogen and oxygen atoms in total. The van der Waals surface area contributed by atoms with Crippen LogP contribution in [0.25, 0.3) is 0 Å². The van der Waals surface area contributed by atoms with E-state index in [1.807, 2.05) is 12.1 Å². The molecule has 114 valence electrons. The normalized spacial score (nSPS) is 10.8. The Bertz CT molecular complexity index is 702. The van der Waals surface area contributed by atoms with E-state index < -0.39 is 0 Å². The Morgan fingerprint density at radius 3 is 2.86 bits per heavy atom. The Morgan fingerprint density at radius 2 is 2.09 bits per heavy atom. The first kappa shape index (κ1) is 14.9. The molecule has 3 aromatic rings. The summed E-state index contributed by atoms with van der Waals surface area (Å²) in [5.74, 6) is 1.97. The van der Waals surface area contributed by atoms with Crippen molar-refractivity contribution >= 4 is 23.4 Å². The van der Waals surface area contributed by atoms with Crippen molar-refractivity contribution in [1.29, 1.82) is 0 Å². The van der Waals surface area contributed by atoms with Gasteiger partial charge in [0.1, 0.15) is 24.9 Å². The van der Waals surface area contributed by atoms with Crippen LogP contribution in [0.1, 0.15) is 5.89 Å². The minimum Gasteiger partial charge on any atom is -0.493 e. The zero-order chi connectivity index (χ0) is 15.2. The molecule has 22 heavy (non-hydrogen) atoms. The smallest absolute Gasteiger partial charge is 0.276 e. The number of rotatable bonds is 7. The van der Waals surface area contributed by atoms with Crippen molar-refractivity contribution in [3.8, 4) is 5.75 Å². The Morgan fingerprint density at radius 1 is 1.23 bits per heavy atom. The van der Waals surface area contributed by atoms with Crippen LogP contribution in [0.2, 0.25) is 5.02 Å². The van der Waals surface area contributed by atoms with E-state index >= 15 is 0 Å². The predicted molar refractivity (Wildman–Crippen MR) is 81.1 cm³/mol. The van der Waals surface area contributed by atoms with Gasteiger partial charge >= 0.3 is 0 Å². The Balaban J connectivity index is 1.42. The average molecular weight is 338 g/mol. The first-order valence-electron chi connectivity index (χ1n) is 6.45. The summed E-state index contributed by atoms with van der Waals surface area (Å²) in [4.78, 5) is 3.85. The highest BCUT2D eigenvalue weighted by atomic mass is 35.5. The van der Waals surface area contributed by atoms with Gasteiger partial charge in [-0.1, -0.05) is 23.4 Å². The maximum Gasteiger partial charge on any atom is 0.276 e. The molecule has 0 aliphatic heterocycles. The lowest BCUT2D eigenvalue weighted by molar-refractivity contribution is 0.342. The van der Waals surface area contributed by atoms with Gasteiger partial charge in [0.25, 0.3) is 5.22 Å². The third-order valence-electron chi connectivity index (χ3n) is 2.60. The SMILES string of the molecule is Clc1ccc(OCCSc2nnc(Cn3cncn3)o2)cc1. The van der Waals surface area contributed by atoms with Crippen molar-refractivity contribution in [3.05, 3.63) is 47.8 Å². The van der Waals surface area contributed by atoms with Crippen molar-refractivity contribution in [2.75, 3.05) is 12.4 Å². The van der Waals surface area contributed by atoms with Gasteiger partial charge in [0.15, 0.2) is 0 Å². The van der Waals surface area contributed by atoms with Crippen molar-refractivity contribution in [2.24, 2.45) is 0 Å². The molecular weight excluding hydrogens is 326 g/mol. The topological polar surface area (TPSA) is 78.9 Å². The standard InChI is InChI=1S/C13H12ClN5O2S/c14-10-1-3-11(4-2-10)20-5-6-22-13-18-17-12(21-13)7-19-9-15-8-16-19/h1-4,8-9H,5-7H2. The third kappa shape index (κ3) is 4.22. The van der Waals surface area contributed by atoms with Crippen LogP contribution in [0.4, 0.5) is 0 Å². The molecule has 2 aromatic heterocycles. The molecule has 2 heterocycles. The van der Waals surface area contributed by atoms with Crippen molar-refractivity contribution in [3.63, 3.8) is 0 Å². The van der Waals surface area contributed by atoms with Gasteiger partial charge in [-0.25, -0.2) is 9.67 Å². The summed E-state index contributed by atoms with van der Waals surface area (Å²) < 4.78 is 12.7. The number of thioether (sulfide) groups is 1. The quantitative estimate of drug-likeness (QED) is 0.484. The molecule has 0 unspecified atom stereocenters. The zero-order valence-corrected chi connectivity index (χ0v) is 13.0. The number of aromatic nitrogens is 5. The molecule has 0 aliphatic carbocycles. The molecular formula is C13H12ClN5O2S. The number of hydrogen-bond acceptors (Lipinski definition) is 7. The lowest BCUT2D eigenvalue weighted by atomic mass is 10.3. The number of hydrogen-bond donors (Lipinski definition) is 0. The van der Waals surface area contributed by atoms with Crippen molar-refractivity contribution in [1.82, 2.24) is 25.0 Å². The second kappa shape index (κ2) is 7.28. The van der Waals surface area contributed by atoms with Crippen LogP contribution in [0.15, 0.2) is 46.6 Å². The van der Waals surface area contributed by atoms with Gasteiger partial charge in [-0.2, -0.15) is 5.10 Å². The second-order valence-corrected chi connectivity index (χ2v) is 5.69. The first-order valence-corrected chi connectivity index (χ1v) is 7.82. The molecule has 0 bridgehead atoms. The van der Waals surface area contributed by atoms with Crippen LogP contribution in [0.3, 0.4) is 0 Å². The van der Waals surface area contributed by atoms with E-state index in [2.05, 4.69) is 20.3 Å². The molecule has 0 spiro atoms. The molecule has 0 N–H and O–H groups in total. The lowest BCUT2D eigenvalue weighted by Gasteiger charge is -2.04. The van der Waals surface area contributed by atoms with Crippen LogP contribution in [-0.2, 0) is 6.54 Å². The van der Waals surface area contributed by atoms with Gasteiger partial charge in [0.05, 0.1) is 6.61 Å². The van der Waals surface area contributed by atoms with E-state index in [1.165, 1.54) is 18.1 Å². The molecule has 0 aliphatic rings. The fraction of sp³-hybridized carbons (Fsp3) is 0.231. The summed E-state index contributed by atoms with van der Waals surface area (Å²) in [6, 6.07) is 7.24. The fourth-order valence-corrected chi connectivity index (χ4v) is 2.35. The summed E-state index contributed by atoms with van der Waals surface area (Å²) in [5, 5.41) is 13.1. The molecule has 0 fully saturated rings. The highest BCUT2D eigenvalue weighted by Gasteiger charge is 2.07. The van der Waals surface area contributed by atoms with Gasteiger partial charge < -0.3 is 9.15 Å². The van der Waals surface area contributed by atoms with E-state index in [9.17, 15) is 0 Å². The summed E-state index contributed by atoms with van der Waals surface area (Å²) in [6.45, 7) is 0.946. The van der Waals surface area contributed by atoms with E-state index in [0.29, 0.717) is 35.0 Å². The van der Waals surface area contributed by atoms with Crippen molar-refractivity contribution in [2.45, 2.75) is 11.8 Å². The molecule has 9 heteroatoms. The molecule has 0 atom stereocenters. The van der Waals surface area contributed by atoms with E-state index in [4.69, 9.17) is 20.8 Å². The molecule has 1 aromatic carbocycles. The number of nitrogens with zero attached hydrogens (tertiary/aromatic N) is 5. The number of ether oxygens (including phenoxy) is 1. The maximum atomic E-state index is 5.81. The van der Waals surface area contributed by atoms with Gasteiger partial charge in [-0.3, -0.25) is 0 Å². The largest absolute Gasteiger partial charge is 0.493 e. The molecule has 0 saturated heterocycles. The molecule has 0 radical (unpaired) electrons. The van der Waals surface area contributed by atoms with Crippen molar-refractivity contribution < 1.29 is 9.15 Å². The highest BCUT2D eigenvalue weighted by Crippen LogP contribution is 2.18. The van der Waals surface area contributed by atoms with Crippen LogP contribution >= 0.6 is 23.4 Å². The minimum absolute atomic E-state index is 0.412. The monoisotopic (exact) mass is 337 g/mol. The van der Waals surface area contributed by atoms with E-state index in [0.717, 1.165) is 5.75 Å². The summed E-state index contributed by atoms with van der Waals surface area (Å²) >= 11 is 7.25. The number of halogens is 1. The highest BCUT2D eigenvalue weighted by molar-refractivity contribution is 7.99. The maximum absolute atomic E-state index is 5.81. The van der Waals surface area contributed by atoms with E-state index in [-0.39, 0.29) is 0 Å². The Labute approximate surface area is 135 Å². The fourth-order valence-electron chi connectivity index (χ4n) is 1.63. The van der Waals surface area contributed by atoms with Gasteiger partial charge in [-0.15, -0.1) is 10.2 Å². The number of benzene rings is 1. The first-order chi connectivity index (χ1) is 10.8. The van der Waals surface area contributed by atoms with Crippen LogP contribution in [0.5, 0.6) is 5.75 Å². The van der Waals surface area contributed by atoms with Crippen LogP contribution < -0.4 is 4.74 Å². The predicted octanol–water partition coefficient (Wildman–Crippen LogP) is 2.53. The molecule has 3 rings (SSSR count). The second-order valence-electron chi connectivity index (χ2n) is 4.21. The summed E-state index contributed by atoms with van der Waals surface area (Å²) in [5.41, 5.74) is 0. The summed E-state index contributed by atoms with van der Waals surface area (Å²) in [6.07, 6.45) is 3.05. The molecule has 0 amide bonds. The third-order valence-corrected chi connectivity index (χ3v) is 3.64. The van der Waals surface area contributed by atoms with E-state index in [1.54, 1.807) is 23.1 Å². The lowest BCUT2D eigenvalue weighted by Crippen LogP contribution is -2.00.